The van der Waals surface area contributed by atoms with Gasteiger partial charge in [-0.25, -0.2) is 9.38 Å². The number of likely N-dealkylation sites (N-methyl/N-ethyl adjacent to an activating group) is 1. The number of rotatable bonds is 6. The van der Waals surface area contributed by atoms with E-state index in [2.05, 4.69) is 15.6 Å². The maximum absolute atomic E-state index is 13.7. The molecule has 5 nitrogen and oxygen atoms in total. The summed E-state index contributed by atoms with van der Waals surface area (Å²) in [5.74, 6) is 0.110. The van der Waals surface area contributed by atoms with E-state index in [-0.39, 0.29) is 18.3 Å². The van der Waals surface area contributed by atoms with Crippen molar-refractivity contribution in [2.45, 2.75) is 13.3 Å². The molecule has 122 valence electrons. The van der Waals surface area contributed by atoms with Crippen molar-refractivity contribution >= 4 is 23.5 Å². The molecule has 1 aromatic carbocycles. The van der Waals surface area contributed by atoms with Crippen LogP contribution < -0.4 is 10.6 Å². The summed E-state index contributed by atoms with van der Waals surface area (Å²) in [4.78, 5) is 17.2. The summed E-state index contributed by atoms with van der Waals surface area (Å²) in [5.41, 5.74) is 0.469. The number of hydrogen-bond donors (Lipinski definition) is 2. The molecule has 0 fully saturated rings. The number of guanidine groups is 1. The molecular formula is C15H22ClFN4O. The van der Waals surface area contributed by atoms with Crippen LogP contribution in [-0.2, 0) is 11.2 Å². The lowest BCUT2D eigenvalue weighted by molar-refractivity contribution is -0.127. The Hall–Kier alpha value is -1.82. The normalized spacial score (nSPS) is 11.2. The van der Waals surface area contributed by atoms with Gasteiger partial charge in [-0.2, -0.15) is 0 Å². The highest BCUT2D eigenvalue weighted by molar-refractivity contribution is 6.31. The van der Waals surface area contributed by atoms with E-state index in [1.165, 1.54) is 11.0 Å². The number of nitrogens with zero attached hydrogens (tertiary/aromatic N) is 2. The van der Waals surface area contributed by atoms with E-state index in [0.29, 0.717) is 36.1 Å². The van der Waals surface area contributed by atoms with Crippen LogP contribution >= 0.6 is 11.6 Å². The largest absolute Gasteiger partial charge is 0.357 e. The fourth-order valence-electron chi connectivity index (χ4n) is 1.71. The molecule has 0 atom stereocenters. The van der Waals surface area contributed by atoms with E-state index >= 15 is 0 Å². The number of benzene rings is 1. The van der Waals surface area contributed by atoms with Crippen molar-refractivity contribution in [1.82, 2.24) is 15.5 Å². The Morgan fingerprint density at radius 1 is 1.36 bits per heavy atom. The van der Waals surface area contributed by atoms with E-state index in [1.807, 2.05) is 6.92 Å². The lowest BCUT2D eigenvalue weighted by atomic mass is 10.1. The number of nitrogens with one attached hydrogen (secondary N) is 2. The average molecular weight is 329 g/mol. The molecule has 0 aliphatic rings. The van der Waals surface area contributed by atoms with Crippen LogP contribution in [0.2, 0.25) is 5.02 Å². The zero-order valence-corrected chi connectivity index (χ0v) is 13.9. The standard InChI is InChI=1S/C15H22ClFN4O/c1-4-18-15(20-10-14(22)21(2)3)19-9-8-11-12(16)6-5-7-13(11)17/h5-7H,4,8-10H2,1-3H3,(H2,18,19,20). The van der Waals surface area contributed by atoms with Crippen LogP contribution in [-0.4, -0.2) is 50.5 Å². The second kappa shape index (κ2) is 9.25. The van der Waals surface area contributed by atoms with Gasteiger partial charge in [0.2, 0.25) is 5.91 Å². The smallest absolute Gasteiger partial charge is 0.243 e. The van der Waals surface area contributed by atoms with Crippen molar-refractivity contribution in [3.63, 3.8) is 0 Å². The topological polar surface area (TPSA) is 56.7 Å². The molecule has 0 saturated carbocycles. The first kappa shape index (κ1) is 18.2. The van der Waals surface area contributed by atoms with Gasteiger partial charge in [0.15, 0.2) is 5.96 Å². The van der Waals surface area contributed by atoms with E-state index in [4.69, 9.17) is 11.6 Å². The third kappa shape index (κ3) is 5.89. The van der Waals surface area contributed by atoms with Gasteiger partial charge >= 0.3 is 0 Å². The van der Waals surface area contributed by atoms with E-state index in [9.17, 15) is 9.18 Å². The second-order valence-electron chi connectivity index (χ2n) is 4.86. The number of aliphatic imine (C=N–C) groups is 1. The lowest BCUT2D eigenvalue weighted by Crippen LogP contribution is -2.39. The molecule has 0 bridgehead atoms. The molecule has 0 radical (unpaired) electrons. The summed E-state index contributed by atoms with van der Waals surface area (Å²) in [7, 11) is 3.36. The number of amides is 1. The number of carbonyl (C=O) groups excluding carboxylic acids is 1. The minimum absolute atomic E-state index is 0.0583. The summed E-state index contributed by atoms with van der Waals surface area (Å²) in [5, 5.41) is 6.50. The number of carbonyl (C=O) groups is 1. The molecule has 0 unspecified atom stereocenters. The summed E-state index contributed by atoms with van der Waals surface area (Å²) in [6.45, 7) is 3.12. The molecule has 0 heterocycles. The van der Waals surface area contributed by atoms with Gasteiger partial charge in [0.05, 0.1) is 0 Å². The van der Waals surface area contributed by atoms with Crippen LogP contribution in [0.3, 0.4) is 0 Å². The van der Waals surface area contributed by atoms with Crippen molar-refractivity contribution in [2.24, 2.45) is 4.99 Å². The maximum Gasteiger partial charge on any atom is 0.243 e. The zero-order valence-electron chi connectivity index (χ0n) is 13.1. The number of halogens is 2. The Balaban J connectivity index is 2.58. The van der Waals surface area contributed by atoms with Crippen molar-refractivity contribution < 1.29 is 9.18 Å². The van der Waals surface area contributed by atoms with Crippen LogP contribution in [0.4, 0.5) is 4.39 Å². The molecule has 0 aliphatic carbocycles. The van der Waals surface area contributed by atoms with Crippen LogP contribution in [0, 0.1) is 5.82 Å². The first-order valence-corrected chi connectivity index (χ1v) is 7.48. The summed E-state index contributed by atoms with van der Waals surface area (Å²) in [6, 6.07) is 4.62. The molecule has 1 aromatic rings. The van der Waals surface area contributed by atoms with E-state index < -0.39 is 0 Å². The predicted molar refractivity (Wildman–Crippen MR) is 87.8 cm³/mol. The van der Waals surface area contributed by atoms with Crippen molar-refractivity contribution in [3.8, 4) is 0 Å². The molecule has 1 amide bonds. The number of hydrogen-bond acceptors (Lipinski definition) is 2. The van der Waals surface area contributed by atoms with E-state index in [1.54, 1.807) is 26.2 Å². The fraction of sp³-hybridized carbons (Fsp3) is 0.467. The highest BCUT2D eigenvalue weighted by Gasteiger charge is 2.07. The maximum atomic E-state index is 13.7. The lowest BCUT2D eigenvalue weighted by Gasteiger charge is -2.13. The Labute approximate surface area is 135 Å². The first-order valence-electron chi connectivity index (χ1n) is 7.11. The quantitative estimate of drug-likeness (QED) is 0.617. The van der Waals surface area contributed by atoms with Crippen LogP contribution in [0.15, 0.2) is 23.2 Å². The minimum Gasteiger partial charge on any atom is -0.357 e. The molecular weight excluding hydrogens is 307 g/mol. The summed E-state index contributed by atoms with van der Waals surface area (Å²) < 4.78 is 13.7. The van der Waals surface area contributed by atoms with E-state index in [0.717, 1.165) is 0 Å². The molecule has 0 spiro atoms. The zero-order chi connectivity index (χ0) is 16.5. The average Bonchev–Trinajstić information content (AvgIpc) is 2.47. The Bertz CT molecular complexity index is 514. The van der Waals surface area contributed by atoms with Crippen molar-refractivity contribution in [3.05, 3.63) is 34.6 Å². The van der Waals surface area contributed by atoms with Crippen LogP contribution in [0.1, 0.15) is 12.5 Å². The molecule has 1 rings (SSSR count). The van der Waals surface area contributed by atoms with Gasteiger partial charge in [-0.3, -0.25) is 4.79 Å². The summed E-state index contributed by atoms with van der Waals surface area (Å²) in [6.07, 6.45) is 0.428. The van der Waals surface area contributed by atoms with Crippen molar-refractivity contribution in [1.29, 1.82) is 0 Å². The van der Waals surface area contributed by atoms with Gasteiger partial charge in [0, 0.05) is 37.8 Å². The van der Waals surface area contributed by atoms with Gasteiger partial charge in [-0.15, -0.1) is 0 Å². The monoisotopic (exact) mass is 328 g/mol. The highest BCUT2D eigenvalue weighted by atomic mass is 35.5. The highest BCUT2D eigenvalue weighted by Crippen LogP contribution is 2.18. The Morgan fingerprint density at radius 2 is 2.09 bits per heavy atom. The van der Waals surface area contributed by atoms with Crippen LogP contribution in [0.25, 0.3) is 0 Å². The third-order valence-corrected chi connectivity index (χ3v) is 3.30. The molecule has 22 heavy (non-hydrogen) atoms. The second-order valence-corrected chi connectivity index (χ2v) is 5.27. The predicted octanol–water partition coefficient (Wildman–Crippen LogP) is 1.66. The van der Waals surface area contributed by atoms with Crippen LogP contribution in [0.5, 0.6) is 0 Å². The Morgan fingerprint density at radius 3 is 2.68 bits per heavy atom. The van der Waals surface area contributed by atoms with Gasteiger partial charge in [-0.1, -0.05) is 17.7 Å². The molecule has 0 saturated heterocycles. The van der Waals surface area contributed by atoms with Gasteiger partial charge in [0.25, 0.3) is 0 Å². The third-order valence-electron chi connectivity index (χ3n) is 2.94. The van der Waals surface area contributed by atoms with Gasteiger partial charge < -0.3 is 15.5 Å². The molecule has 0 aliphatic heterocycles. The first-order chi connectivity index (χ1) is 10.5. The summed E-state index contributed by atoms with van der Waals surface area (Å²) >= 11 is 5.98. The van der Waals surface area contributed by atoms with Gasteiger partial charge in [0.1, 0.15) is 12.4 Å². The van der Waals surface area contributed by atoms with Gasteiger partial charge in [-0.05, 0) is 25.5 Å². The SMILES string of the molecule is CCNC(=NCC(=O)N(C)C)NCCc1c(F)cccc1Cl. The molecule has 2 N–H and O–H groups in total. The fourth-order valence-corrected chi connectivity index (χ4v) is 1.96. The molecule has 7 heteroatoms. The molecule has 0 aromatic heterocycles. The minimum atomic E-state index is -0.320. The van der Waals surface area contributed by atoms with Crippen molar-refractivity contribution in [2.75, 3.05) is 33.7 Å². The Kier molecular flexibility index (Phi) is 7.66.